The molecule has 2 aromatic carbocycles. The SMILES string of the molecule is CC(C)(C)OC(=O)N1CCC2C1C(COc1ccc(F)c(F)c1)CN2C(=O)CNC(=O)OCc1ccccc1. The van der Waals surface area contributed by atoms with Crippen LogP contribution in [0.1, 0.15) is 32.8 Å². The average Bonchev–Trinajstić information content (AvgIpc) is 3.47. The summed E-state index contributed by atoms with van der Waals surface area (Å²) in [5, 5.41) is 2.49. The third kappa shape index (κ3) is 7.15. The predicted molar refractivity (Wildman–Crippen MR) is 137 cm³/mol. The quantitative estimate of drug-likeness (QED) is 0.563. The van der Waals surface area contributed by atoms with Crippen LogP contribution in [0.2, 0.25) is 0 Å². The molecule has 0 aliphatic carbocycles. The summed E-state index contributed by atoms with van der Waals surface area (Å²) in [5.74, 6) is -2.54. The third-order valence-corrected chi connectivity index (χ3v) is 6.63. The average molecular weight is 546 g/mol. The number of hydrogen-bond donors (Lipinski definition) is 1. The Hall–Kier alpha value is -3.89. The van der Waals surface area contributed by atoms with Crippen molar-refractivity contribution in [3.05, 3.63) is 65.7 Å². The summed E-state index contributed by atoms with van der Waals surface area (Å²) < 4.78 is 43.5. The summed E-state index contributed by atoms with van der Waals surface area (Å²) in [7, 11) is 0. The van der Waals surface area contributed by atoms with E-state index in [0.717, 1.165) is 17.7 Å². The summed E-state index contributed by atoms with van der Waals surface area (Å²) in [6, 6.07) is 11.7. The topological polar surface area (TPSA) is 97.4 Å². The van der Waals surface area contributed by atoms with Crippen molar-refractivity contribution in [2.75, 3.05) is 26.2 Å². The van der Waals surface area contributed by atoms with E-state index in [1.54, 1.807) is 30.6 Å². The van der Waals surface area contributed by atoms with Crippen LogP contribution in [0.3, 0.4) is 0 Å². The van der Waals surface area contributed by atoms with Crippen LogP contribution in [0.5, 0.6) is 5.75 Å². The van der Waals surface area contributed by atoms with Gasteiger partial charge in [0.05, 0.1) is 18.7 Å². The molecule has 0 radical (unpaired) electrons. The molecule has 2 heterocycles. The molecule has 3 unspecified atom stereocenters. The van der Waals surface area contributed by atoms with Crippen molar-refractivity contribution in [2.45, 2.75) is 51.5 Å². The Morgan fingerprint density at radius 3 is 2.46 bits per heavy atom. The summed E-state index contributed by atoms with van der Waals surface area (Å²) in [6.07, 6.45) is -0.691. The summed E-state index contributed by atoms with van der Waals surface area (Å²) in [6.45, 7) is 5.80. The molecule has 0 aromatic heterocycles. The highest BCUT2D eigenvalue weighted by molar-refractivity contribution is 5.83. The lowest BCUT2D eigenvalue weighted by atomic mass is 10.0. The van der Waals surface area contributed by atoms with Crippen LogP contribution < -0.4 is 10.1 Å². The van der Waals surface area contributed by atoms with Gasteiger partial charge in [-0.25, -0.2) is 18.4 Å². The molecule has 9 nitrogen and oxygen atoms in total. The number of nitrogens with one attached hydrogen (secondary N) is 1. The van der Waals surface area contributed by atoms with E-state index in [0.29, 0.717) is 13.0 Å². The third-order valence-electron chi connectivity index (χ3n) is 6.63. The zero-order chi connectivity index (χ0) is 28.2. The zero-order valence-electron chi connectivity index (χ0n) is 22.2. The number of carbonyl (C=O) groups is 3. The minimum Gasteiger partial charge on any atom is -0.493 e. The van der Waals surface area contributed by atoms with E-state index in [1.165, 1.54) is 6.07 Å². The van der Waals surface area contributed by atoms with Gasteiger partial charge in [0, 0.05) is 25.1 Å². The van der Waals surface area contributed by atoms with Gasteiger partial charge < -0.3 is 29.3 Å². The Morgan fingerprint density at radius 2 is 1.77 bits per heavy atom. The fourth-order valence-electron chi connectivity index (χ4n) is 4.97. The maximum atomic E-state index is 13.7. The molecular formula is C28H33F2N3O6. The van der Waals surface area contributed by atoms with Crippen molar-refractivity contribution in [1.82, 2.24) is 15.1 Å². The lowest BCUT2D eigenvalue weighted by Gasteiger charge is -2.31. The number of benzene rings is 2. The molecule has 1 N–H and O–H groups in total. The first-order valence-corrected chi connectivity index (χ1v) is 12.8. The van der Waals surface area contributed by atoms with Crippen LogP contribution in [0.15, 0.2) is 48.5 Å². The van der Waals surface area contributed by atoms with Crippen molar-refractivity contribution in [3.8, 4) is 5.75 Å². The van der Waals surface area contributed by atoms with E-state index in [-0.39, 0.29) is 49.9 Å². The molecule has 0 spiro atoms. The molecule has 2 aromatic rings. The number of hydrogen-bond acceptors (Lipinski definition) is 6. The highest BCUT2D eigenvalue weighted by atomic mass is 19.2. The number of carbonyl (C=O) groups excluding carboxylic acids is 3. The van der Waals surface area contributed by atoms with E-state index >= 15 is 0 Å². The Morgan fingerprint density at radius 1 is 1.03 bits per heavy atom. The molecule has 2 aliphatic rings. The van der Waals surface area contributed by atoms with Crippen molar-refractivity contribution in [3.63, 3.8) is 0 Å². The smallest absolute Gasteiger partial charge is 0.410 e. The highest BCUT2D eigenvalue weighted by Gasteiger charge is 2.52. The van der Waals surface area contributed by atoms with Crippen molar-refractivity contribution < 1.29 is 37.4 Å². The number of ether oxygens (including phenoxy) is 3. The first-order chi connectivity index (χ1) is 18.5. The molecule has 0 saturated carbocycles. The second-order valence-corrected chi connectivity index (χ2v) is 10.6. The van der Waals surface area contributed by atoms with Crippen LogP contribution in [0.25, 0.3) is 0 Å². The van der Waals surface area contributed by atoms with Crippen LogP contribution >= 0.6 is 0 Å². The van der Waals surface area contributed by atoms with E-state index < -0.39 is 35.5 Å². The van der Waals surface area contributed by atoms with Gasteiger partial charge in [0.2, 0.25) is 5.91 Å². The van der Waals surface area contributed by atoms with E-state index in [2.05, 4.69) is 5.32 Å². The van der Waals surface area contributed by atoms with Crippen molar-refractivity contribution in [1.29, 1.82) is 0 Å². The maximum absolute atomic E-state index is 13.7. The number of amides is 3. The number of likely N-dealkylation sites (tertiary alicyclic amines) is 2. The van der Waals surface area contributed by atoms with Crippen LogP contribution in [0, 0.1) is 17.6 Å². The van der Waals surface area contributed by atoms with E-state index in [4.69, 9.17) is 14.2 Å². The molecule has 2 aliphatic heterocycles. The van der Waals surface area contributed by atoms with Gasteiger partial charge in [0.15, 0.2) is 11.6 Å². The molecule has 210 valence electrons. The molecule has 11 heteroatoms. The first kappa shape index (κ1) is 28.1. The van der Waals surface area contributed by atoms with Gasteiger partial charge in [-0.1, -0.05) is 30.3 Å². The van der Waals surface area contributed by atoms with Gasteiger partial charge in [-0.3, -0.25) is 4.79 Å². The molecule has 4 rings (SSSR count). The van der Waals surface area contributed by atoms with E-state index in [1.807, 2.05) is 30.3 Å². The Kier molecular flexibility index (Phi) is 8.57. The van der Waals surface area contributed by atoms with Gasteiger partial charge in [-0.15, -0.1) is 0 Å². The largest absolute Gasteiger partial charge is 0.493 e. The van der Waals surface area contributed by atoms with Gasteiger partial charge in [0.1, 0.15) is 24.5 Å². The van der Waals surface area contributed by atoms with Gasteiger partial charge in [-0.05, 0) is 44.9 Å². The van der Waals surface area contributed by atoms with E-state index in [9.17, 15) is 23.2 Å². The summed E-state index contributed by atoms with van der Waals surface area (Å²) in [4.78, 5) is 41.5. The Balaban J connectivity index is 1.41. The Bertz CT molecular complexity index is 1190. The van der Waals surface area contributed by atoms with Crippen LogP contribution in [0.4, 0.5) is 18.4 Å². The number of alkyl carbamates (subject to hydrolysis) is 1. The maximum Gasteiger partial charge on any atom is 0.410 e. The molecule has 39 heavy (non-hydrogen) atoms. The predicted octanol–water partition coefficient (Wildman–Crippen LogP) is 4.11. The van der Waals surface area contributed by atoms with Crippen molar-refractivity contribution in [2.24, 2.45) is 5.92 Å². The number of fused-ring (bicyclic) bond motifs is 1. The molecule has 2 fully saturated rings. The monoisotopic (exact) mass is 545 g/mol. The Labute approximate surface area is 226 Å². The van der Waals surface area contributed by atoms with Crippen LogP contribution in [-0.4, -0.2) is 71.8 Å². The minimum atomic E-state index is -1.03. The lowest BCUT2D eigenvalue weighted by Crippen LogP contribution is -2.47. The van der Waals surface area contributed by atoms with Crippen molar-refractivity contribution >= 4 is 18.1 Å². The fourth-order valence-corrected chi connectivity index (χ4v) is 4.97. The van der Waals surface area contributed by atoms with Gasteiger partial charge in [-0.2, -0.15) is 0 Å². The summed E-state index contributed by atoms with van der Waals surface area (Å²) in [5.41, 5.74) is 0.115. The molecule has 2 saturated heterocycles. The van der Waals surface area contributed by atoms with Gasteiger partial charge in [0.25, 0.3) is 0 Å². The number of halogens is 2. The van der Waals surface area contributed by atoms with Crippen LogP contribution in [-0.2, 0) is 20.9 Å². The summed E-state index contributed by atoms with van der Waals surface area (Å²) >= 11 is 0. The zero-order valence-corrected chi connectivity index (χ0v) is 22.2. The molecule has 0 bridgehead atoms. The first-order valence-electron chi connectivity index (χ1n) is 12.8. The molecular weight excluding hydrogens is 512 g/mol. The van der Waals surface area contributed by atoms with Gasteiger partial charge >= 0.3 is 12.2 Å². The fraction of sp³-hybridized carbons (Fsp3) is 0.464. The second-order valence-electron chi connectivity index (χ2n) is 10.6. The highest BCUT2D eigenvalue weighted by Crippen LogP contribution is 2.37. The molecule has 3 atom stereocenters. The lowest BCUT2D eigenvalue weighted by molar-refractivity contribution is -0.131. The second kappa shape index (κ2) is 11.9. The minimum absolute atomic E-state index is 0.0574. The normalized spacial score (nSPS) is 20.4. The number of rotatable bonds is 7. The molecule has 3 amide bonds. The number of nitrogens with zero attached hydrogens (tertiary/aromatic N) is 2. The standard InChI is InChI=1S/C28H33F2N3O6/c1-28(2,3)39-27(36)32-12-11-23-25(32)19(17-37-20-9-10-21(29)22(30)13-20)15-33(23)24(34)14-31-26(35)38-16-18-7-5-4-6-8-18/h4-10,13,19,23,25H,11-12,14-17H2,1-3H3,(H,31,35).